The van der Waals surface area contributed by atoms with E-state index < -0.39 is 17.5 Å². The van der Waals surface area contributed by atoms with Crippen LogP contribution >= 0.6 is 0 Å². The second kappa shape index (κ2) is 42.6. The minimum atomic E-state index is -1.17. The number of hydrogen-bond acceptors (Lipinski definition) is 18. The van der Waals surface area contributed by atoms with Crippen molar-refractivity contribution in [3.63, 3.8) is 0 Å². The number of nitrogens with one attached hydrogen (secondary N) is 5. The molecule has 0 saturated heterocycles. The van der Waals surface area contributed by atoms with Gasteiger partial charge in [0.25, 0.3) is 29.5 Å². The van der Waals surface area contributed by atoms with Crippen molar-refractivity contribution in [3.8, 4) is 63.2 Å². The number of pyridine rings is 5. The number of amides is 5. The number of aromatic nitrogens is 7. The predicted octanol–water partition coefficient (Wildman–Crippen LogP) is 21.2. The molecule has 0 aliphatic heterocycles. The Bertz CT molecular complexity index is 5790. The van der Waals surface area contributed by atoms with Crippen molar-refractivity contribution in [3.05, 3.63) is 403 Å². The predicted molar refractivity (Wildman–Crippen MR) is 451 cm³/mol. The largest absolute Gasteiger partial charge is 0.497 e. The molecule has 0 bridgehead atoms. The molecule has 5 N–H and O–H groups in total. The number of halogens is 2. The van der Waals surface area contributed by atoms with Gasteiger partial charge in [0.15, 0.2) is 17.3 Å². The van der Waals surface area contributed by atoms with E-state index >= 15 is 0 Å². The lowest BCUT2D eigenvalue weighted by molar-refractivity contribution is 0.101. The summed E-state index contributed by atoms with van der Waals surface area (Å²) in [7, 11) is 1.57. The normalized spacial score (nSPS) is 10.2. The minimum Gasteiger partial charge on any atom is -0.497 e. The molecule has 6 aromatic heterocycles. The van der Waals surface area contributed by atoms with Gasteiger partial charge in [0.05, 0.1) is 44.3 Å². The first-order chi connectivity index (χ1) is 57.8. The number of anilines is 5. The number of carbonyl (C=O) groups is 5. The van der Waals surface area contributed by atoms with Crippen LogP contribution in [-0.4, -0.2) is 71.5 Å². The number of methoxy groups -OCH3 is 1. The van der Waals surface area contributed by atoms with E-state index in [1.807, 2.05) is 174 Å². The van der Waals surface area contributed by atoms with Crippen molar-refractivity contribution in [1.29, 1.82) is 0 Å². The molecule has 15 rings (SSSR count). The molecule has 0 fully saturated rings. The van der Waals surface area contributed by atoms with E-state index in [1.165, 1.54) is 24.8 Å². The van der Waals surface area contributed by atoms with Crippen molar-refractivity contribution in [1.82, 2.24) is 34.9 Å². The first kappa shape index (κ1) is 83.7. The molecule has 0 saturated carbocycles. The summed E-state index contributed by atoms with van der Waals surface area (Å²) in [5.74, 6) is 1.97. The maximum Gasteiger partial charge on any atom is 0.274 e. The van der Waals surface area contributed by atoms with Gasteiger partial charge in [-0.3, -0.25) is 43.9 Å². The van der Waals surface area contributed by atoms with E-state index in [-0.39, 0.29) is 40.8 Å². The molecular formula is C94H78F2N12O11. The van der Waals surface area contributed by atoms with Crippen LogP contribution in [0.3, 0.4) is 0 Å². The molecule has 25 heteroatoms. The van der Waals surface area contributed by atoms with E-state index in [1.54, 1.807) is 172 Å². The van der Waals surface area contributed by atoms with E-state index in [0.717, 1.165) is 34.1 Å². The maximum absolute atomic E-state index is 13.9. The molecule has 5 amide bonds. The summed E-state index contributed by atoms with van der Waals surface area (Å²) in [6.07, 6.45) is 15.5. The van der Waals surface area contributed by atoms with Crippen LogP contribution in [0.25, 0.3) is 0 Å². The zero-order valence-corrected chi connectivity index (χ0v) is 65.1. The van der Waals surface area contributed by atoms with Crippen molar-refractivity contribution < 1.29 is 61.2 Å². The van der Waals surface area contributed by atoms with Gasteiger partial charge in [-0.25, -0.2) is 19.3 Å². The molecule has 9 aromatic carbocycles. The zero-order chi connectivity index (χ0) is 83.7. The van der Waals surface area contributed by atoms with Gasteiger partial charge in [-0.1, -0.05) is 89.5 Å². The average Bonchev–Trinajstić information content (AvgIpc) is 0.723. The van der Waals surface area contributed by atoms with Gasteiger partial charge >= 0.3 is 0 Å². The summed E-state index contributed by atoms with van der Waals surface area (Å²) < 4.78 is 61.0. The van der Waals surface area contributed by atoms with E-state index in [4.69, 9.17) is 28.4 Å². The van der Waals surface area contributed by atoms with Crippen molar-refractivity contribution in [2.45, 2.75) is 34.6 Å². The Morgan fingerprint density at radius 1 is 0.294 bits per heavy atom. The molecule has 6 heterocycles. The van der Waals surface area contributed by atoms with Gasteiger partial charge in [0, 0.05) is 117 Å². The summed E-state index contributed by atoms with van der Waals surface area (Å²) in [4.78, 5) is 89.2. The molecule has 119 heavy (non-hydrogen) atoms. The van der Waals surface area contributed by atoms with Crippen LogP contribution in [-0.2, 0) is 0 Å². The first-order valence-corrected chi connectivity index (χ1v) is 36.8. The van der Waals surface area contributed by atoms with Crippen LogP contribution in [0.4, 0.5) is 37.2 Å². The highest BCUT2D eigenvalue weighted by Crippen LogP contribution is 2.32. The highest BCUT2D eigenvalue weighted by atomic mass is 19.2. The zero-order valence-electron chi connectivity index (χ0n) is 65.1. The molecule has 0 radical (unpaired) electrons. The van der Waals surface area contributed by atoms with Crippen LogP contribution in [0.1, 0.15) is 80.0 Å². The van der Waals surface area contributed by atoms with E-state index in [2.05, 4.69) is 61.5 Å². The summed E-state index contributed by atoms with van der Waals surface area (Å²) >= 11 is 0. The van der Waals surface area contributed by atoms with Crippen LogP contribution in [0, 0.1) is 46.3 Å². The standard InChI is InChI=1S/C20H18N2O2.C19H16N2O3.C19H16N2O2.C18H13F2N3O2.C18H15N3O2/c1-14-5-3-6-16(11-14)20(23)22-17-7-4-8-18(12-17)24-19-10-9-15(2)21-13-19;1-23-16-7-2-5-14(11-16)19(22)21-15-6-3-8-17(12-15)24-18-9-4-10-20-13-18;1-14-5-2-6-15(11-14)19(22)21-16-7-3-8-17(12-16)23-18-9-4-10-20-13-18;1-11-3-2-4-12(5-11)18(24)23-13-6-15(19)17(20)16(7-13)25-14-8-21-10-22-9-14;1-13-5-2-9-17(20-13)18(22)21-14-6-3-7-15(11-14)23-16-8-4-10-19-12-16/h3-13H,1-2H3,(H,22,23);2-13H,1H3,(H,21,22);2-13H,1H3,(H,21,22);2-10H,1H3,(H,23,24);2-12H,1H3,(H,21,22). The van der Waals surface area contributed by atoms with Gasteiger partial charge in [0.2, 0.25) is 5.82 Å². The SMILES string of the molecule is COc1cccc(C(=O)Nc2cccc(Oc3cccnc3)c2)c1.Cc1cccc(C(=O)Nc2cc(F)c(F)c(Oc3cncnc3)c2)c1.Cc1cccc(C(=O)Nc2cccc(Oc3ccc(C)nc3)c2)c1.Cc1cccc(C(=O)Nc2cccc(Oc3cccnc3)c2)c1.Cc1cccc(C(=O)Nc2cccc(Oc3cccnc3)c2)n1. The Morgan fingerprint density at radius 3 is 1.04 bits per heavy atom. The highest BCUT2D eigenvalue weighted by Gasteiger charge is 2.18. The average molecular weight is 1590 g/mol. The third-order valence-corrected chi connectivity index (χ3v) is 16.4. The molecule has 0 spiro atoms. The number of aryl methyl sites for hydroxylation is 5. The molecular weight excluding hydrogens is 1510 g/mol. The molecule has 594 valence electrons. The van der Waals surface area contributed by atoms with Crippen molar-refractivity contribution in [2.75, 3.05) is 33.7 Å². The van der Waals surface area contributed by atoms with E-state index in [9.17, 15) is 32.8 Å². The maximum atomic E-state index is 13.9. The van der Waals surface area contributed by atoms with Crippen molar-refractivity contribution in [2.24, 2.45) is 0 Å². The fourth-order valence-electron chi connectivity index (χ4n) is 10.8. The van der Waals surface area contributed by atoms with E-state index in [0.29, 0.717) is 102 Å². The second-order valence-corrected chi connectivity index (χ2v) is 25.9. The lowest BCUT2D eigenvalue weighted by Crippen LogP contribution is -2.13. The molecule has 15 aromatic rings. The minimum absolute atomic E-state index is 0.0669. The topological polar surface area (TPSA) is 291 Å². The Balaban J connectivity index is 0.000000146. The Kier molecular flexibility index (Phi) is 30.0. The lowest BCUT2D eigenvalue weighted by Gasteiger charge is -2.11. The molecule has 0 atom stereocenters. The summed E-state index contributed by atoms with van der Waals surface area (Å²) in [5, 5.41) is 13.9. The summed E-state index contributed by atoms with van der Waals surface area (Å²) in [6.45, 7) is 9.53. The number of ether oxygens (including phenoxy) is 6. The van der Waals surface area contributed by atoms with Crippen LogP contribution < -0.4 is 55.0 Å². The number of rotatable bonds is 21. The van der Waals surface area contributed by atoms with Crippen LogP contribution in [0.5, 0.6) is 63.2 Å². The summed E-state index contributed by atoms with van der Waals surface area (Å²) in [5.41, 5.74) is 10.0. The lowest BCUT2D eigenvalue weighted by atomic mass is 10.1. The summed E-state index contributed by atoms with van der Waals surface area (Å²) in [6, 6.07) is 79.7. The van der Waals surface area contributed by atoms with Gasteiger partial charge in [-0.05, 0) is 198 Å². The van der Waals surface area contributed by atoms with Gasteiger partial charge in [0.1, 0.15) is 63.8 Å². The molecule has 23 nitrogen and oxygen atoms in total. The fourth-order valence-corrected chi connectivity index (χ4v) is 10.8. The monoisotopic (exact) mass is 1590 g/mol. The Hall–Kier alpha value is -16.2. The van der Waals surface area contributed by atoms with Gasteiger partial charge < -0.3 is 55.0 Å². The number of carbonyl (C=O) groups excluding carboxylic acids is 5. The molecule has 0 aliphatic rings. The fraction of sp³-hybridized carbons (Fsp3) is 0.0638. The second-order valence-electron chi connectivity index (χ2n) is 25.9. The number of hydrogen-bond donors (Lipinski definition) is 5. The molecule has 0 unspecified atom stereocenters. The Morgan fingerprint density at radius 2 is 0.655 bits per heavy atom. The van der Waals surface area contributed by atoms with Crippen LogP contribution in [0.2, 0.25) is 0 Å². The Labute approximate surface area is 684 Å². The first-order valence-electron chi connectivity index (χ1n) is 36.8. The smallest absolute Gasteiger partial charge is 0.274 e. The van der Waals surface area contributed by atoms with Crippen molar-refractivity contribution >= 4 is 58.0 Å². The third kappa shape index (κ3) is 27.0. The third-order valence-electron chi connectivity index (χ3n) is 16.4. The van der Waals surface area contributed by atoms with Crippen LogP contribution in [0.15, 0.2) is 335 Å². The highest BCUT2D eigenvalue weighted by molar-refractivity contribution is 6.07. The quantitative estimate of drug-likeness (QED) is 0.0447. The number of benzene rings is 9. The van der Waals surface area contributed by atoms with Gasteiger partial charge in [-0.15, -0.1) is 0 Å². The van der Waals surface area contributed by atoms with Gasteiger partial charge in [-0.2, -0.15) is 4.39 Å². The molecule has 0 aliphatic carbocycles. The number of nitrogens with zero attached hydrogens (tertiary/aromatic N) is 7.